The van der Waals surface area contributed by atoms with Crippen molar-refractivity contribution in [3.8, 4) is 11.5 Å². The molecule has 0 heterocycles. The molecule has 0 aliphatic heterocycles. The van der Waals surface area contributed by atoms with E-state index < -0.39 is 0 Å². The Kier molecular flexibility index (Phi) is 7.37. The molecule has 0 spiro atoms. The largest absolute Gasteiger partial charge is 0.495 e. The molecule has 4 heteroatoms. The zero-order valence-corrected chi connectivity index (χ0v) is 13.7. The molecule has 0 saturated carbocycles. The van der Waals surface area contributed by atoms with Gasteiger partial charge in [0, 0.05) is 5.70 Å². The molecule has 0 atom stereocenters. The first-order valence-corrected chi connectivity index (χ1v) is 7.99. The predicted octanol–water partition coefficient (Wildman–Crippen LogP) is 4.31. The Morgan fingerprint density at radius 1 is 1.20 bits per heavy atom. The molecular formula is C16H25NO2S. The SMILES string of the molecule is CCCCSc1c(OC)cc(/C=C(/N)CC)cc1OC. The number of hydrogen-bond acceptors (Lipinski definition) is 4. The summed E-state index contributed by atoms with van der Waals surface area (Å²) >= 11 is 1.78. The van der Waals surface area contributed by atoms with Crippen LogP contribution >= 0.6 is 11.8 Å². The number of rotatable bonds is 8. The fraction of sp³-hybridized carbons (Fsp3) is 0.500. The number of hydrogen-bond donors (Lipinski definition) is 1. The van der Waals surface area contributed by atoms with Crippen LogP contribution in [0.15, 0.2) is 22.7 Å². The van der Waals surface area contributed by atoms with Crippen molar-refractivity contribution in [2.45, 2.75) is 38.0 Å². The molecule has 3 nitrogen and oxygen atoms in total. The third-order valence-corrected chi connectivity index (χ3v) is 4.17. The van der Waals surface area contributed by atoms with E-state index in [2.05, 4.69) is 6.92 Å². The number of unbranched alkanes of at least 4 members (excludes halogenated alkanes) is 1. The summed E-state index contributed by atoms with van der Waals surface area (Å²) in [6.45, 7) is 4.23. The molecule has 1 aromatic rings. The maximum absolute atomic E-state index is 5.90. The Bertz CT molecular complexity index is 433. The second kappa shape index (κ2) is 8.80. The van der Waals surface area contributed by atoms with Gasteiger partial charge in [-0.2, -0.15) is 0 Å². The van der Waals surface area contributed by atoms with E-state index in [0.717, 1.165) is 39.8 Å². The second-order valence-corrected chi connectivity index (χ2v) is 5.63. The van der Waals surface area contributed by atoms with E-state index >= 15 is 0 Å². The summed E-state index contributed by atoms with van der Waals surface area (Å²) in [5.74, 6) is 2.76. The van der Waals surface area contributed by atoms with E-state index in [1.54, 1.807) is 26.0 Å². The molecular weight excluding hydrogens is 270 g/mol. The summed E-state index contributed by atoms with van der Waals surface area (Å²) in [6.07, 6.45) is 5.16. The van der Waals surface area contributed by atoms with Gasteiger partial charge in [-0.05, 0) is 42.4 Å². The third-order valence-electron chi connectivity index (χ3n) is 2.99. The molecule has 0 radical (unpaired) electrons. The summed E-state index contributed by atoms with van der Waals surface area (Å²) in [6, 6.07) is 4.03. The summed E-state index contributed by atoms with van der Waals surface area (Å²) in [4.78, 5) is 1.07. The molecule has 0 unspecified atom stereocenters. The highest BCUT2D eigenvalue weighted by atomic mass is 32.2. The summed E-state index contributed by atoms with van der Waals surface area (Å²) in [5.41, 5.74) is 7.76. The van der Waals surface area contributed by atoms with Crippen molar-refractivity contribution in [3.63, 3.8) is 0 Å². The number of benzene rings is 1. The van der Waals surface area contributed by atoms with E-state index in [-0.39, 0.29) is 0 Å². The van der Waals surface area contributed by atoms with Crippen LogP contribution in [-0.2, 0) is 0 Å². The predicted molar refractivity (Wildman–Crippen MR) is 87.6 cm³/mol. The first-order chi connectivity index (χ1) is 9.65. The lowest BCUT2D eigenvalue weighted by Gasteiger charge is -2.14. The van der Waals surface area contributed by atoms with Gasteiger partial charge in [0.05, 0.1) is 19.1 Å². The van der Waals surface area contributed by atoms with Gasteiger partial charge in [0.25, 0.3) is 0 Å². The van der Waals surface area contributed by atoms with Crippen LogP contribution in [0.3, 0.4) is 0 Å². The standard InChI is InChI=1S/C16H25NO2S/c1-5-7-8-20-16-14(18-3)10-12(9-13(17)6-2)11-15(16)19-4/h9-11H,5-8,17H2,1-4H3/b13-9+. The van der Waals surface area contributed by atoms with Crippen LogP contribution in [0.5, 0.6) is 11.5 Å². The van der Waals surface area contributed by atoms with Crippen molar-refractivity contribution in [3.05, 3.63) is 23.4 Å². The quantitative estimate of drug-likeness (QED) is 0.573. The fourth-order valence-corrected chi connectivity index (χ4v) is 2.97. The Morgan fingerprint density at radius 2 is 1.80 bits per heavy atom. The highest BCUT2D eigenvalue weighted by Gasteiger charge is 2.12. The van der Waals surface area contributed by atoms with Crippen LogP contribution < -0.4 is 15.2 Å². The lowest BCUT2D eigenvalue weighted by Crippen LogP contribution is -1.97. The molecule has 0 amide bonds. The minimum absolute atomic E-state index is 0.831. The Labute approximate surface area is 126 Å². The van der Waals surface area contributed by atoms with Crippen molar-refractivity contribution >= 4 is 17.8 Å². The zero-order valence-electron chi connectivity index (χ0n) is 12.9. The number of allylic oxidation sites excluding steroid dienone is 1. The molecule has 112 valence electrons. The molecule has 0 fully saturated rings. The first kappa shape index (κ1) is 16.8. The molecule has 1 aromatic carbocycles. The number of thioether (sulfide) groups is 1. The smallest absolute Gasteiger partial charge is 0.136 e. The monoisotopic (exact) mass is 295 g/mol. The fourth-order valence-electron chi connectivity index (χ4n) is 1.76. The second-order valence-electron chi connectivity index (χ2n) is 4.53. The van der Waals surface area contributed by atoms with Crippen molar-refractivity contribution < 1.29 is 9.47 Å². The van der Waals surface area contributed by atoms with Crippen molar-refractivity contribution in [1.29, 1.82) is 0 Å². The normalized spacial score (nSPS) is 11.5. The minimum Gasteiger partial charge on any atom is -0.495 e. The van der Waals surface area contributed by atoms with Crippen LogP contribution in [0, 0.1) is 0 Å². The highest BCUT2D eigenvalue weighted by molar-refractivity contribution is 7.99. The van der Waals surface area contributed by atoms with E-state index in [4.69, 9.17) is 15.2 Å². The molecule has 1 rings (SSSR count). The average Bonchev–Trinajstić information content (AvgIpc) is 2.47. The van der Waals surface area contributed by atoms with Crippen LogP contribution in [0.25, 0.3) is 6.08 Å². The first-order valence-electron chi connectivity index (χ1n) is 7.01. The molecule has 0 bridgehead atoms. The Hall–Kier alpha value is -1.29. The third kappa shape index (κ3) is 4.67. The lowest BCUT2D eigenvalue weighted by atomic mass is 10.1. The van der Waals surface area contributed by atoms with Crippen molar-refractivity contribution in [1.82, 2.24) is 0 Å². The number of methoxy groups -OCH3 is 2. The highest BCUT2D eigenvalue weighted by Crippen LogP contribution is 2.39. The van der Waals surface area contributed by atoms with Crippen LogP contribution in [0.2, 0.25) is 0 Å². The van der Waals surface area contributed by atoms with E-state index in [0.29, 0.717) is 0 Å². The van der Waals surface area contributed by atoms with Crippen LogP contribution in [0.4, 0.5) is 0 Å². The molecule has 0 aliphatic carbocycles. The van der Waals surface area contributed by atoms with Gasteiger partial charge >= 0.3 is 0 Å². The number of nitrogens with two attached hydrogens (primary N) is 1. The van der Waals surface area contributed by atoms with E-state index in [1.165, 1.54) is 12.8 Å². The van der Waals surface area contributed by atoms with Gasteiger partial charge in [-0.1, -0.05) is 20.3 Å². The van der Waals surface area contributed by atoms with Crippen molar-refractivity contribution in [2.75, 3.05) is 20.0 Å². The average molecular weight is 295 g/mol. The molecule has 20 heavy (non-hydrogen) atoms. The van der Waals surface area contributed by atoms with Gasteiger partial charge in [-0.3, -0.25) is 0 Å². The van der Waals surface area contributed by atoms with Gasteiger partial charge in [-0.15, -0.1) is 11.8 Å². The molecule has 0 aliphatic rings. The zero-order chi connectivity index (χ0) is 15.0. The van der Waals surface area contributed by atoms with E-state index in [9.17, 15) is 0 Å². The van der Waals surface area contributed by atoms with E-state index in [1.807, 2.05) is 25.1 Å². The van der Waals surface area contributed by atoms with Gasteiger partial charge in [-0.25, -0.2) is 0 Å². The summed E-state index contributed by atoms with van der Waals surface area (Å²) in [7, 11) is 3.38. The maximum Gasteiger partial charge on any atom is 0.136 e. The molecule has 0 saturated heterocycles. The maximum atomic E-state index is 5.90. The Balaban J connectivity index is 3.11. The van der Waals surface area contributed by atoms with Gasteiger partial charge < -0.3 is 15.2 Å². The number of ether oxygens (including phenoxy) is 2. The van der Waals surface area contributed by atoms with Gasteiger partial charge in [0.2, 0.25) is 0 Å². The summed E-state index contributed by atoms with van der Waals surface area (Å²) < 4.78 is 11.0. The topological polar surface area (TPSA) is 44.5 Å². The van der Waals surface area contributed by atoms with Crippen LogP contribution in [-0.4, -0.2) is 20.0 Å². The lowest BCUT2D eigenvalue weighted by molar-refractivity contribution is 0.376. The van der Waals surface area contributed by atoms with Gasteiger partial charge in [0.15, 0.2) is 0 Å². The molecule has 0 aromatic heterocycles. The Morgan fingerprint density at radius 3 is 2.25 bits per heavy atom. The van der Waals surface area contributed by atoms with Crippen LogP contribution in [0.1, 0.15) is 38.7 Å². The molecule has 2 N–H and O–H groups in total. The summed E-state index contributed by atoms with van der Waals surface area (Å²) in [5, 5.41) is 0. The van der Waals surface area contributed by atoms with Crippen molar-refractivity contribution in [2.24, 2.45) is 5.73 Å². The minimum atomic E-state index is 0.831. The van der Waals surface area contributed by atoms with Gasteiger partial charge in [0.1, 0.15) is 11.5 Å².